The molecule has 0 amide bonds. The number of aromatic amines is 1. The van der Waals surface area contributed by atoms with E-state index in [0.29, 0.717) is 33.1 Å². The van der Waals surface area contributed by atoms with E-state index in [2.05, 4.69) is 70.9 Å². The molecule has 0 unspecified atom stereocenters. The molecule has 8 aromatic rings. The summed E-state index contributed by atoms with van der Waals surface area (Å²) in [5.41, 5.74) is 12.6. The van der Waals surface area contributed by atoms with Crippen LogP contribution in [0.25, 0.3) is 22.3 Å². The summed E-state index contributed by atoms with van der Waals surface area (Å²) >= 11 is 2.99. The summed E-state index contributed by atoms with van der Waals surface area (Å²) in [6.45, 7) is 1.47. The minimum Gasteiger partial charge on any atom is -0.382 e. The summed E-state index contributed by atoms with van der Waals surface area (Å²) in [4.78, 5) is 27.1. The Balaban J connectivity index is 0.000000167. The topological polar surface area (TPSA) is 188 Å². The third-order valence-corrected chi connectivity index (χ3v) is 10.3. The van der Waals surface area contributed by atoms with Gasteiger partial charge in [-0.15, -0.1) is 0 Å². The largest absolute Gasteiger partial charge is 0.382 e. The minimum atomic E-state index is 0.181. The zero-order valence-corrected chi connectivity index (χ0v) is 30.4. The molecular weight excluding hydrogens is 713 g/mol. The SMILES string of the molecule is N#Cc1ccc(Sc2nc3c(N)ncnc3n2CCc2ccccc2)cc1.N#Cc1ccc(Sc2nc3c([nH]2)c(=N)ncn3CCc2ccccc2)cc1. The fraction of sp³-hybridized carbons (Fsp3) is 0.100. The van der Waals surface area contributed by atoms with Crippen molar-refractivity contribution in [3.8, 4) is 12.1 Å². The monoisotopic (exact) mass is 744 g/mol. The number of nitrogen functional groups attached to an aromatic ring is 1. The standard InChI is InChI=1S/2C20H16N6S/c21-12-15-6-8-16(9-7-15)27-20-24-17-18(22)23-13-26(19(17)25-20)11-10-14-4-2-1-3-5-14;21-12-15-6-8-16(9-7-15)27-20-25-17-18(22)23-13-24-19(17)26(20)11-10-14-4-2-1-3-5-14/h1-9,13,22H,10-11H2,(H,24,25);1-9,13H,10-11H2,(H2,22,23,24). The second kappa shape index (κ2) is 16.7. The van der Waals surface area contributed by atoms with Crippen LogP contribution in [-0.2, 0) is 25.9 Å². The zero-order valence-electron chi connectivity index (χ0n) is 28.8. The van der Waals surface area contributed by atoms with Gasteiger partial charge < -0.3 is 19.9 Å². The summed E-state index contributed by atoms with van der Waals surface area (Å²) in [5, 5.41) is 27.4. The molecule has 0 atom stereocenters. The van der Waals surface area contributed by atoms with Gasteiger partial charge in [-0.05, 0) is 72.5 Å². The molecule has 54 heavy (non-hydrogen) atoms. The van der Waals surface area contributed by atoms with Gasteiger partial charge in [-0.25, -0.2) is 24.9 Å². The van der Waals surface area contributed by atoms with Gasteiger partial charge in [0.25, 0.3) is 0 Å². The molecule has 0 saturated heterocycles. The highest BCUT2D eigenvalue weighted by atomic mass is 32.2. The molecule has 264 valence electrons. The molecule has 8 rings (SSSR count). The summed E-state index contributed by atoms with van der Waals surface area (Å²) in [5.74, 6) is 0.375. The van der Waals surface area contributed by atoms with Gasteiger partial charge in [0, 0.05) is 22.9 Å². The molecule has 4 heterocycles. The number of fused-ring (bicyclic) bond motifs is 2. The molecule has 0 radical (unpaired) electrons. The number of imidazole rings is 2. The van der Waals surface area contributed by atoms with Gasteiger partial charge in [0.05, 0.1) is 29.6 Å². The van der Waals surface area contributed by atoms with Gasteiger partial charge in [-0.2, -0.15) is 10.5 Å². The molecule has 4 aromatic carbocycles. The number of hydrogen-bond acceptors (Lipinski definition) is 11. The third kappa shape index (κ3) is 8.48. The van der Waals surface area contributed by atoms with E-state index in [1.165, 1.54) is 41.0 Å². The number of nitrogens with two attached hydrogens (primary N) is 1. The third-order valence-electron chi connectivity index (χ3n) is 8.36. The number of nitrogens with one attached hydrogen (secondary N) is 2. The molecule has 14 heteroatoms. The lowest BCUT2D eigenvalue weighted by atomic mass is 10.1. The van der Waals surface area contributed by atoms with Crippen LogP contribution in [0.4, 0.5) is 5.82 Å². The number of benzene rings is 4. The van der Waals surface area contributed by atoms with E-state index in [1.54, 1.807) is 30.6 Å². The van der Waals surface area contributed by atoms with Crippen LogP contribution in [0.15, 0.2) is 142 Å². The lowest BCUT2D eigenvalue weighted by Gasteiger charge is -2.08. The Morgan fingerprint density at radius 1 is 0.685 bits per heavy atom. The summed E-state index contributed by atoms with van der Waals surface area (Å²) in [7, 11) is 0. The van der Waals surface area contributed by atoms with Gasteiger partial charge >= 0.3 is 0 Å². The van der Waals surface area contributed by atoms with Gasteiger partial charge in [0.15, 0.2) is 38.4 Å². The normalized spacial score (nSPS) is 10.8. The maximum Gasteiger partial charge on any atom is 0.175 e. The van der Waals surface area contributed by atoms with Crippen molar-refractivity contribution in [3.63, 3.8) is 0 Å². The van der Waals surface area contributed by atoms with Crippen molar-refractivity contribution in [2.24, 2.45) is 0 Å². The van der Waals surface area contributed by atoms with E-state index in [1.807, 2.05) is 65.2 Å². The number of rotatable bonds is 10. The van der Waals surface area contributed by atoms with Crippen LogP contribution in [0, 0.1) is 28.1 Å². The van der Waals surface area contributed by atoms with E-state index in [4.69, 9.17) is 21.7 Å². The Hall–Kier alpha value is -6.74. The number of nitrogens with zero attached hydrogens (tertiary/aromatic N) is 9. The average Bonchev–Trinajstić information content (AvgIpc) is 3.81. The molecule has 4 N–H and O–H groups in total. The summed E-state index contributed by atoms with van der Waals surface area (Å²) in [6, 6.07) is 39.6. The molecule has 0 bridgehead atoms. The van der Waals surface area contributed by atoms with Crippen LogP contribution in [-0.4, -0.2) is 39.0 Å². The van der Waals surface area contributed by atoms with Gasteiger partial charge in [-0.3, -0.25) is 5.41 Å². The van der Waals surface area contributed by atoms with Crippen LogP contribution in [0.3, 0.4) is 0 Å². The van der Waals surface area contributed by atoms with Crippen molar-refractivity contribution in [2.75, 3.05) is 5.73 Å². The second-order valence-corrected chi connectivity index (χ2v) is 14.1. The highest BCUT2D eigenvalue weighted by Crippen LogP contribution is 2.31. The number of aryl methyl sites for hydroxylation is 4. The van der Waals surface area contributed by atoms with E-state index in [0.717, 1.165) is 52.2 Å². The Kier molecular flexibility index (Phi) is 11.0. The van der Waals surface area contributed by atoms with Gasteiger partial charge in [-0.1, -0.05) is 84.2 Å². The van der Waals surface area contributed by atoms with E-state index in [9.17, 15) is 0 Å². The van der Waals surface area contributed by atoms with E-state index < -0.39 is 0 Å². The van der Waals surface area contributed by atoms with Crippen LogP contribution in [0.2, 0.25) is 0 Å². The molecular formula is C40H32N12S2. The molecule has 0 saturated carbocycles. The number of nitriles is 2. The molecule has 0 aliphatic rings. The maximum absolute atomic E-state index is 8.96. The molecule has 12 nitrogen and oxygen atoms in total. The molecule has 0 fully saturated rings. The Morgan fingerprint density at radius 2 is 1.28 bits per heavy atom. The smallest absolute Gasteiger partial charge is 0.175 e. The van der Waals surface area contributed by atoms with Crippen LogP contribution in [0.1, 0.15) is 22.3 Å². The fourth-order valence-electron chi connectivity index (χ4n) is 5.58. The Labute approximate surface area is 318 Å². The van der Waals surface area contributed by atoms with E-state index >= 15 is 0 Å². The van der Waals surface area contributed by atoms with Gasteiger partial charge in [0.1, 0.15) is 11.8 Å². The molecule has 0 aliphatic carbocycles. The number of hydrogen-bond donors (Lipinski definition) is 3. The highest BCUT2D eigenvalue weighted by Gasteiger charge is 2.16. The first kappa shape index (κ1) is 35.7. The lowest BCUT2D eigenvalue weighted by molar-refractivity contribution is 0.647. The highest BCUT2D eigenvalue weighted by molar-refractivity contribution is 7.99. The zero-order chi connectivity index (χ0) is 37.3. The first-order chi connectivity index (χ1) is 26.5. The van der Waals surface area contributed by atoms with Crippen molar-refractivity contribution in [2.45, 2.75) is 46.0 Å². The van der Waals surface area contributed by atoms with Crippen molar-refractivity contribution >= 4 is 51.7 Å². The molecule has 4 aromatic heterocycles. The van der Waals surface area contributed by atoms with Crippen molar-refractivity contribution < 1.29 is 0 Å². The maximum atomic E-state index is 8.96. The van der Waals surface area contributed by atoms with Crippen LogP contribution < -0.4 is 11.2 Å². The predicted molar refractivity (Wildman–Crippen MR) is 208 cm³/mol. The first-order valence-electron chi connectivity index (χ1n) is 16.9. The van der Waals surface area contributed by atoms with Crippen LogP contribution in [0.5, 0.6) is 0 Å². The fourth-order valence-corrected chi connectivity index (χ4v) is 7.27. The Bertz CT molecular complexity index is 2660. The quantitative estimate of drug-likeness (QED) is 0.129. The predicted octanol–water partition coefficient (Wildman–Crippen LogP) is 7.18. The van der Waals surface area contributed by atoms with Crippen molar-refractivity contribution in [3.05, 3.63) is 150 Å². The Morgan fingerprint density at radius 3 is 1.89 bits per heavy atom. The lowest BCUT2D eigenvalue weighted by Crippen LogP contribution is -2.13. The molecule has 0 aliphatic heterocycles. The number of aromatic nitrogens is 8. The van der Waals surface area contributed by atoms with Crippen molar-refractivity contribution in [1.29, 1.82) is 15.9 Å². The first-order valence-corrected chi connectivity index (χ1v) is 18.5. The minimum absolute atomic E-state index is 0.181. The molecule has 0 spiro atoms. The number of anilines is 1. The van der Waals surface area contributed by atoms with Crippen molar-refractivity contribution in [1.82, 2.24) is 39.0 Å². The van der Waals surface area contributed by atoms with Gasteiger partial charge in [0.2, 0.25) is 0 Å². The second-order valence-electron chi connectivity index (χ2n) is 12.0. The average molecular weight is 745 g/mol. The summed E-state index contributed by atoms with van der Waals surface area (Å²) < 4.78 is 4.04. The van der Waals surface area contributed by atoms with Crippen LogP contribution >= 0.6 is 23.5 Å². The number of H-pyrrole nitrogens is 1. The summed E-state index contributed by atoms with van der Waals surface area (Å²) in [6.07, 6.45) is 4.86. The van der Waals surface area contributed by atoms with E-state index in [-0.39, 0.29) is 5.49 Å².